The smallest absolute Gasteiger partial charge is 0.415 e. The van der Waals surface area contributed by atoms with Crippen LogP contribution in [0, 0.1) is 16.0 Å². The Morgan fingerprint density at radius 1 is 0.950 bits per heavy atom. The number of piperidine rings is 1. The summed E-state index contributed by atoms with van der Waals surface area (Å²) < 4.78 is 19.6. The number of benzene rings is 3. The number of hydrogen-bond donors (Lipinski definition) is 0. The predicted octanol–water partition coefficient (Wildman–Crippen LogP) is 5.98. The Bertz CT molecular complexity index is 1420. The monoisotopic (exact) mass is 540 g/mol. The number of rotatable bonds is 9. The van der Waals surface area contributed by atoms with Gasteiger partial charge in [-0.3, -0.25) is 4.57 Å². The molecule has 0 saturated carbocycles. The second-order valence-corrected chi connectivity index (χ2v) is 10.7. The van der Waals surface area contributed by atoms with Crippen LogP contribution in [0.1, 0.15) is 19.8 Å². The van der Waals surface area contributed by atoms with Gasteiger partial charge >= 0.3 is 11.8 Å². The van der Waals surface area contributed by atoms with Crippen molar-refractivity contribution in [3.05, 3.63) is 95.2 Å². The van der Waals surface area contributed by atoms with Crippen molar-refractivity contribution in [2.24, 2.45) is 5.92 Å². The zero-order valence-electron chi connectivity index (χ0n) is 22.4. The molecule has 0 spiro atoms. The lowest BCUT2D eigenvalue weighted by molar-refractivity contribution is -0.389. The van der Waals surface area contributed by atoms with E-state index >= 15 is 0 Å². The predicted molar refractivity (Wildman–Crippen MR) is 152 cm³/mol. The van der Waals surface area contributed by atoms with Crippen molar-refractivity contribution in [3.63, 3.8) is 0 Å². The summed E-state index contributed by atoms with van der Waals surface area (Å²) in [5.74, 6) is 2.00. The molecule has 1 fully saturated rings. The quantitative estimate of drug-likeness (QED) is 0.190. The van der Waals surface area contributed by atoms with E-state index < -0.39 is 10.5 Å². The lowest BCUT2D eigenvalue weighted by atomic mass is 9.97. The maximum Gasteiger partial charge on any atom is 0.415 e. The summed E-state index contributed by atoms with van der Waals surface area (Å²) in [5, 5.41) is 10.9. The van der Waals surface area contributed by atoms with E-state index in [0.29, 0.717) is 19.1 Å². The summed E-state index contributed by atoms with van der Waals surface area (Å²) >= 11 is 0. The van der Waals surface area contributed by atoms with Gasteiger partial charge in [-0.15, -0.1) is 0 Å². The molecule has 0 radical (unpaired) electrons. The Kier molecular flexibility index (Phi) is 7.02. The minimum Gasteiger partial charge on any atom is -0.493 e. The van der Waals surface area contributed by atoms with Crippen molar-refractivity contribution in [1.82, 2.24) is 9.55 Å². The Balaban J connectivity index is 0.941. The summed E-state index contributed by atoms with van der Waals surface area (Å²) in [7, 11) is 0. The van der Waals surface area contributed by atoms with Gasteiger partial charge in [-0.2, -0.15) is 0 Å². The fourth-order valence-electron chi connectivity index (χ4n) is 5.29. The van der Waals surface area contributed by atoms with Gasteiger partial charge < -0.3 is 29.2 Å². The molecule has 9 nitrogen and oxygen atoms in total. The number of hydrogen-bond acceptors (Lipinski definition) is 7. The third-order valence-electron chi connectivity index (χ3n) is 7.56. The normalized spacial score (nSPS) is 18.7. The van der Waals surface area contributed by atoms with Gasteiger partial charge in [-0.1, -0.05) is 42.5 Å². The molecule has 206 valence electrons. The standard InChI is InChI=1S/C31H32N4O5/c1-31(21-34-19-29(35(36)37)32-30(34)40-31)22-39-28-13-9-26(10-14-28)33-17-15-23(16-18-33)20-38-27-11-7-25(8-12-27)24-5-3-2-4-6-24/h2-14,19,23H,15-18,20-22H2,1H3/t31-/m1/s1. The molecule has 0 bridgehead atoms. The molecule has 3 heterocycles. The Hall–Kier alpha value is -4.53. The third kappa shape index (κ3) is 5.73. The fraction of sp³-hybridized carbons (Fsp3) is 0.323. The van der Waals surface area contributed by atoms with Crippen LogP contribution < -0.4 is 19.1 Å². The Morgan fingerprint density at radius 3 is 2.27 bits per heavy atom. The number of nitrogens with zero attached hydrogens (tertiary/aromatic N) is 4. The Morgan fingerprint density at radius 2 is 1.60 bits per heavy atom. The van der Waals surface area contributed by atoms with Crippen molar-refractivity contribution in [1.29, 1.82) is 0 Å². The highest BCUT2D eigenvalue weighted by Gasteiger charge is 2.41. The number of fused-ring (bicyclic) bond motifs is 1. The average Bonchev–Trinajstić information content (AvgIpc) is 3.52. The minimum absolute atomic E-state index is 0.209. The molecule has 1 atom stereocenters. The van der Waals surface area contributed by atoms with Gasteiger partial charge in [0.1, 0.15) is 24.3 Å². The van der Waals surface area contributed by atoms with E-state index in [9.17, 15) is 10.1 Å². The molecule has 0 N–H and O–H groups in total. The first-order valence-corrected chi connectivity index (χ1v) is 13.6. The van der Waals surface area contributed by atoms with Crippen molar-refractivity contribution in [2.45, 2.75) is 31.9 Å². The summed E-state index contributed by atoms with van der Waals surface area (Å²) in [6.07, 6.45) is 3.57. The van der Waals surface area contributed by atoms with E-state index in [2.05, 4.69) is 70.5 Å². The second kappa shape index (κ2) is 10.9. The van der Waals surface area contributed by atoms with Crippen LogP contribution in [0.4, 0.5) is 11.5 Å². The van der Waals surface area contributed by atoms with Crippen LogP contribution in [0.25, 0.3) is 11.1 Å². The van der Waals surface area contributed by atoms with E-state index in [4.69, 9.17) is 14.2 Å². The van der Waals surface area contributed by atoms with Crippen LogP contribution in [-0.2, 0) is 6.54 Å². The highest BCUT2D eigenvalue weighted by Crippen LogP contribution is 2.32. The van der Waals surface area contributed by atoms with E-state index in [1.807, 2.05) is 25.1 Å². The SMILES string of the molecule is C[C@]1(COc2ccc(N3CCC(COc4ccc(-c5ccccc5)cc4)CC3)cc2)Cn2cc([N+](=O)[O-])nc2O1. The zero-order chi connectivity index (χ0) is 27.5. The van der Waals surface area contributed by atoms with Gasteiger partial charge in [-0.25, -0.2) is 0 Å². The van der Waals surface area contributed by atoms with Crippen LogP contribution in [0.2, 0.25) is 0 Å². The van der Waals surface area contributed by atoms with Crippen LogP contribution in [-0.4, -0.2) is 46.4 Å². The Labute approximate surface area is 233 Å². The molecule has 4 aromatic rings. The highest BCUT2D eigenvalue weighted by molar-refractivity contribution is 5.63. The number of anilines is 1. The number of ether oxygens (including phenoxy) is 3. The summed E-state index contributed by atoms with van der Waals surface area (Å²) in [6, 6.07) is 27.1. The molecule has 2 aliphatic heterocycles. The topological polar surface area (TPSA) is 91.9 Å². The lowest BCUT2D eigenvalue weighted by Gasteiger charge is -2.33. The van der Waals surface area contributed by atoms with Crippen molar-refractivity contribution < 1.29 is 19.1 Å². The van der Waals surface area contributed by atoms with E-state index in [0.717, 1.165) is 44.0 Å². The van der Waals surface area contributed by atoms with Gasteiger partial charge in [0, 0.05) is 23.8 Å². The maximum absolute atomic E-state index is 10.9. The molecule has 6 rings (SSSR count). The maximum atomic E-state index is 10.9. The number of imidazole rings is 1. The molecule has 2 aliphatic rings. The van der Waals surface area contributed by atoms with Crippen LogP contribution in [0.3, 0.4) is 0 Å². The molecule has 0 unspecified atom stereocenters. The minimum atomic E-state index is -0.635. The first-order valence-electron chi connectivity index (χ1n) is 13.6. The van der Waals surface area contributed by atoms with E-state index in [1.54, 1.807) is 4.57 Å². The molecule has 9 heteroatoms. The molecule has 3 aromatic carbocycles. The average molecular weight is 541 g/mol. The van der Waals surface area contributed by atoms with Gasteiger partial charge in [0.25, 0.3) is 0 Å². The van der Waals surface area contributed by atoms with Crippen molar-refractivity contribution in [2.75, 3.05) is 31.2 Å². The molecular formula is C31H32N4O5. The zero-order valence-corrected chi connectivity index (χ0v) is 22.4. The fourth-order valence-corrected chi connectivity index (χ4v) is 5.29. The summed E-state index contributed by atoms with van der Waals surface area (Å²) in [4.78, 5) is 16.7. The molecule has 0 amide bonds. The van der Waals surface area contributed by atoms with Crippen molar-refractivity contribution >= 4 is 11.5 Å². The molecule has 1 saturated heterocycles. The summed E-state index contributed by atoms with van der Waals surface area (Å²) in [5.41, 5.74) is 2.95. The first kappa shape index (κ1) is 25.7. The number of aromatic nitrogens is 2. The van der Waals surface area contributed by atoms with Crippen LogP contribution in [0.5, 0.6) is 17.5 Å². The van der Waals surface area contributed by atoms with E-state index in [1.165, 1.54) is 23.0 Å². The van der Waals surface area contributed by atoms with Crippen LogP contribution in [0.15, 0.2) is 85.1 Å². The highest BCUT2D eigenvalue weighted by atomic mass is 16.6. The van der Waals surface area contributed by atoms with Gasteiger partial charge in [0.15, 0.2) is 5.60 Å². The largest absolute Gasteiger partial charge is 0.493 e. The second-order valence-electron chi connectivity index (χ2n) is 10.7. The van der Waals surface area contributed by atoms with E-state index in [-0.39, 0.29) is 11.8 Å². The molecule has 40 heavy (non-hydrogen) atoms. The van der Waals surface area contributed by atoms with Crippen LogP contribution >= 0.6 is 0 Å². The molecule has 0 aliphatic carbocycles. The summed E-state index contributed by atoms with van der Waals surface area (Å²) in [6.45, 7) is 5.38. The third-order valence-corrected chi connectivity index (χ3v) is 7.56. The molecule has 1 aromatic heterocycles. The van der Waals surface area contributed by atoms with Gasteiger partial charge in [-0.05, 0) is 78.1 Å². The van der Waals surface area contributed by atoms with Gasteiger partial charge in [0.05, 0.1) is 13.2 Å². The molecular weight excluding hydrogens is 508 g/mol. The number of nitro groups is 1. The lowest BCUT2D eigenvalue weighted by Crippen LogP contribution is -2.38. The van der Waals surface area contributed by atoms with Crippen molar-refractivity contribution in [3.8, 4) is 28.6 Å². The first-order chi connectivity index (χ1) is 19.4. The van der Waals surface area contributed by atoms with Gasteiger partial charge in [0.2, 0.25) is 0 Å².